The summed E-state index contributed by atoms with van der Waals surface area (Å²) >= 11 is 0. The number of allylic oxidation sites excluding steroid dienone is 2. The van der Waals surface area contributed by atoms with Crippen molar-refractivity contribution in [2.45, 2.75) is 110 Å². The quantitative estimate of drug-likeness (QED) is 0.228. The first-order chi connectivity index (χ1) is 11.2. The predicted molar refractivity (Wildman–Crippen MR) is 101 cm³/mol. The fourth-order valence-electron chi connectivity index (χ4n) is 2.82. The van der Waals surface area contributed by atoms with Crippen LogP contribution in [0.2, 0.25) is 0 Å². The molecular weight excluding hydrogens is 284 g/mol. The molecule has 0 rings (SSSR count). The molecule has 0 bridgehead atoms. The van der Waals surface area contributed by atoms with Crippen molar-refractivity contribution in [3.05, 3.63) is 12.2 Å². The van der Waals surface area contributed by atoms with Gasteiger partial charge in [-0.25, -0.2) is 0 Å². The van der Waals surface area contributed by atoms with Gasteiger partial charge in [0.05, 0.1) is 5.92 Å². The maximum Gasteiger partial charge on any atom is 0.306 e. The van der Waals surface area contributed by atoms with E-state index in [9.17, 15) is 4.79 Å². The summed E-state index contributed by atoms with van der Waals surface area (Å²) in [5.74, 6) is -0.838. The second-order valence-electron chi connectivity index (χ2n) is 6.97. The molecule has 1 unspecified atom stereocenters. The van der Waals surface area contributed by atoms with Crippen LogP contribution < -0.4 is 0 Å². The van der Waals surface area contributed by atoms with E-state index in [1.54, 1.807) is 6.92 Å². The van der Waals surface area contributed by atoms with Gasteiger partial charge in [-0.2, -0.15) is 0 Å². The molecule has 0 aliphatic carbocycles. The third kappa shape index (κ3) is 17.4. The molecule has 1 N–H and O–H groups in total. The summed E-state index contributed by atoms with van der Waals surface area (Å²) in [6.07, 6.45) is 23.8. The van der Waals surface area contributed by atoms with Crippen LogP contribution in [0.3, 0.4) is 0 Å². The zero-order valence-electron chi connectivity index (χ0n) is 15.7. The van der Waals surface area contributed by atoms with Gasteiger partial charge in [0.25, 0.3) is 0 Å². The zero-order valence-corrected chi connectivity index (χ0v) is 15.7. The highest BCUT2D eigenvalue weighted by Gasteiger charge is 2.09. The lowest BCUT2D eigenvalue weighted by Crippen LogP contribution is -2.08. The molecule has 0 amide bonds. The Hall–Kier alpha value is -0.790. The van der Waals surface area contributed by atoms with Crippen molar-refractivity contribution in [3.8, 4) is 0 Å². The lowest BCUT2D eigenvalue weighted by Gasteiger charge is -2.04. The Bertz CT molecular complexity index is 284. The number of unbranched alkanes of at least 4 members (excludes halogenated alkanes) is 12. The molecular formula is C21H40O2. The fourth-order valence-corrected chi connectivity index (χ4v) is 2.82. The van der Waals surface area contributed by atoms with Crippen LogP contribution >= 0.6 is 0 Å². The Morgan fingerprint density at radius 3 is 1.70 bits per heavy atom. The van der Waals surface area contributed by atoms with Crippen LogP contribution in [0.4, 0.5) is 0 Å². The van der Waals surface area contributed by atoms with Crippen LogP contribution in [0.15, 0.2) is 12.2 Å². The van der Waals surface area contributed by atoms with Crippen LogP contribution in [-0.2, 0) is 4.79 Å². The average molecular weight is 325 g/mol. The van der Waals surface area contributed by atoms with Gasteiger partial charge in [0, 0.05) is 0 Å². The summed E-state index contributed by atoms with van der Waals surface area (Å²) in [6.45, 7) is 4.07. The van der Waals surface area contributed by atoms with Crippen molar-refractivity contribution in [2.24, 2.45) is 5.92 Å². The smallest absolute Gasteiger partial charge is 0.306 e. The molecule has 2 heteroatoms. The van der Waals surface area contributed by atoms with E-state index >= 15 is 0 Å². The summed E-state index contributed by atoms with van der Waals surface area (Å²) in [5.41, 5.74) is 0. The van der Waals surface area contributed by atoms with E-state index in [-0.39, 0.29) is 5.92 Å². The molecule has 23 heavy (non-hydrogen) atoms. The predicted octanol–water partition coefficient (Wildman–Crippen LogP) is 7.13. The Kier molecular flexibility index (Phi) is 17.0. The Labute approximate surface area is 144 Å². The highest BCUT2D eigenvalue weighted by molar-refractivity contribution is 5.69. The van der Waals surface area contributed by atoms with E-state index in [0.717, 1.165) is 12.8 Å². The molecule has 0 spiro atoms. The first-order valence-corrected chi connectivity index (χ1v) is 10.1. The molecule has 136 valence electrons. The maximum atomic E-state index is 10.7. The molecule has 0 aliphatic rings. The van der Waals surface area contributed by atoms with Crippen LogP contribution in [0.5, 0.6) is 0 Å². The summed E-state index contributed by atoms with van der Waals surface area (Å²) in [7, 11) is 0. The topological polar surface area (TPSA) is 37.3 Å². The van der Waals surface area contributed by atoms with Crippen molar-refractivity contribution in [1.82, 2.24) is 0 Å². The maximum absolute atomic E-state index is 10.7. The SMILES string of the molecule is CCCCCCCCCC/C=C\CCCCCCC(C)C(=O)O. The summed E-state index contributed by atoms with van der Waals surface area (Å²) in [5, 5.41) is 8.80. The Balaban J connectivity index is 3.16. The van der Waals surface area contributed by atoms with Gasteiger partial charge in [-0.05, 0) is 32.1 Å². The summed E-state index contributed by atoms with van der Waals surface area (Å²) in [4.78, 5) is 10.7. The van der Waals surface area contributed by atoms with Crippen LogP contribution in [0, 0.1) is 5.92 Å². The first-order valence-electron chi connectivity index (χ1n) is 10.1. The molecule has 0 heterocycles. The summed E-state index contributed by atoms with van der Waals surface area (Å²) in [6, 6.07) is 0. The second kappa shape index (κ2) is 17.6. The van der Waals surface area contributed by atoms with Gasteiger partial charge in [-0.1, -0.05) is 90.2 Å². The van der Waals surface area contributed by atoms with E-state index in [0.29, 0.717) is 0 Å². The van der Waals surface area contributed by atoms with E-state index in [4.69, 9.17) is 5.11 Å². The van der Waals surface area contributed by atoms with E-state index < -0.39 is 5.97 Å². The van der Waals surface area contributed by atoms with Gasteiger partial charge in [0.15, 0.2) is 0 Å². The molecule has 0 saturated heterocycles. The van der Waals surface area contributed by atoms with Crippen LogP contribution in [0.1, 0.15) is 110 Å². The highest BCUT2D eigenvalue weighted by atomic mass is 16.4. The number of hydrogen-bond donors (Lipinski definition) is 1. The van der Waals surface area contributed by atoms with E-state index in [2.05, 4.69) is 19.1 Å². The molecule has 0 fully saturated rings. The molecule has 0 aromatic carbocycles. The highest BCUT2D eigenvalue weighted by Crippen LogP contribution is 2.12. The molecule has 0 aromatic rings. The van der Waals surface area contributed by atoms with Crippen molar-refractivity contribution in [3.63, 3.8) is 0 Å². The van der Waals surface area contributed by atoms with Gasteiger partial charge < -0.3 is 5.11 Å². The number of carboxylic acids is 1. The standard InChI is InChI=1S/C21H40O2/c1-3-4-5-6-7-8-9-10-11-12-13-14-15-16-17-18-19-20(2)21(22)23/h12-13,20H,3-11,14-19H2,1-2H3,(H,22,23)/b13-12-. The molecule has 0 aliphatic heterocycles. The largest absolute Gasteiger partial charge is 0.481 e. The molecule has 0 aromatic heterocycles. The fraction of sp³-hybridized carbons (Fsp3) is 0.857. The third-order valence-corrected chi connectivity index (χ3v) is 4.57. The third-order valence-electron chi connectivity index (χ3n) is 4.57. The number of rotatable bonds is 17. The Morgan fingerprint density at radius 2 is 1.22 bits per heavy atom. The van der Waals surface area contributed by atoms with E-state index in [1.807, 2.05) is 0 Å². The minimum absolute atomic E-state index is 0.179. The molecule has 1 atom stereocenters. The van der Waals surface area contributed by atoms with Gasteiger partial charge >= 0.3 is 5.97 Å². The minimum Gasteiger partial charge on any atom is -0.481 e. The van der Waals surface area contributed by atoms with Crippen molar-refractivity contribution >= 4 is 5.97 Å². The number of aliphatic carboxylic acids is 1. The lowest BCUT2D eigenvalue weighted by molar-refractivity contribution is -0.141. The van der Waals surface area contributed by atoms with Crippen molar-refractivity contribution in [1.29, 1.82) is 0 Å². The van der Waals surface area contributed by atoms with Gasteiger partial charge in [-0.15, -0.1) is 0 Å². The lowest BCUT2D eigenvalue weighted by atomic mass is 10.0. The van der Waals surface area contributed by atoms with Gasteiger partial charge in [-0.3, -0.25) is 4.79 Å². The Morgan fingerprint density at radius 1 is 0.783 bits per heavy atom. The van der Waals surface area contributed by atoms with E-state index in [1.165, 1.54) is 83.5 Å². The number of carboxylic acid groups (broad SMARTS) is 1. The van der Waals surface area contributed by atoms with Gasteiger partial charge in [0.2, 0.25) is 0 Å². The van der Waals surface area contributed by atoms with Crippen molar-refractivity contribution < 1.29 is 9.90 Å². The normalized spacial score (nSPS) is 12.8. The van der Waals surface area contributed by atoms with Gasteiger partial charge in [0.1, 0.15) is 0 Å². The van der Waals surface area contributed by atoms with Crippen LogP contribution in [0.25, 0.3) is 0 Å². The number of carbonyl (C=O) groups is 1. The molecule has 0 saturated carbocycles. The molecule has 2 nitrogen and oxygen atoms in total. The monoisotopic (exact) mass is 324 g/mol. The average Bonchev–Trinajstić information content (AvgIpc) is 2.54. The minimum atomic E-state index is -0.658. The second-order valence-corrected chi connectivity index (χ2v) is 6.97. The zero-order chi connectivity index (χ0) is 17.2. The van der Waals surface area contributed by atoms with Crippen molar-refractivity contribution in [2.75, 3.05) is 0 Å². The summed E-state index contributed by atoms with van der Waals surface area (Å²) < 4.78 is 0. The molecule has 0 radical (unpaired) electrons. The first kappa shape index (κ1) is 22.2. The number of hydrogen-bond acceptors (Lipinski definition) is 1. The van der Waals surface area contributed by atoms with Crippen LogP contribution in [-0.4, -0.2) is 11.1 Å².